The van der Waals surface area contributed by atoms with Gasteiger partial charge >= 0.3 is 5.97 Å². The highest BCUT2D eigenvalue weighted by Crippen LogP contribution is 2.12. The van der Waals surface area contributed by atoms with Gasteiger partial charge in [0.2, 0.25) is 0 Å². The summed E-state index contributed by atoms with van der Waals surface area (Å²) >= 11 is 0. The van der Waals surface area contributed by atoms with Crippen LogP contribution in [0.25, 0.3) is 6.08 Å². The van der Waals surface area contributed by atoms with Crippen LogP contribution < -0.4 is 4.74 Å². The van der Waals surface area contributed by atoms with E-state index in [0.29, 0.717) is 5.75 Å². The van der Waals surface area contributed by atoms with E-state index in [2.05, 4.69) is 6.58 Å². The number of carbonyl (C=O) groups is 1. The van der Waals surface area contributed by atoms with Gasteiger partial charge < -0.3 is 9.47 Å². The van der Waals surface area contributed by atoms with Crippen LogP contribution in [0.5, 0.6) is 5.75 Å². The lowest BCUT2D eigenvalue weighted by molar-refractivity contribution is -0.150. The van der Waals surface area contributed by atoms with Crippen molar-refractivity contribution in [2.45, 2.75) is 26.4 Å². The Balaban J connectivity index is 2.39. The van der Waals surface area contributed by atoms with Crippen molar-refractivity contribution in [2.75, 3.05) is 6.61 Å². The third kappa shape index (κ3) is 4.72. The van der Waals surface area contributed by atoms with Gasteiger partial charge in [0.15, 0.2) is 6.61 Å². The molecule has 0 fully saturated rings. The van der Waals surface area contributed by atoms with Gasteiger partial charge in [0.25, 0.3) is 0 Å². The monoisotopic (exact) mass is 234 g/mol. The Labute approximate surface area is 102 Å². The second-order valence-corrected chi connectivity index (χ2v) is 3.77. The number of esters is 1. The zero-order valence-corrected chi connectivity index (χ0v) is 10.3. The summed E-state index contributed by atoms with van der Waals surface area (Å²) in [5.74, 6) is 0.309. The minimum absolute atomic E-state index is 0.0578. The lowest BCUT2D eigenvalue weighted by Gasteiger charge is -2.11. The Morgan fingerprint density at radius 1 is 1.41 bits per heavy atom. The molecule has 1 aromatic rings. The summed E-state index contributed by atoms with van der Waals surface area (Å²) in [6.07, 6.45) is 2.50. The van der Waals surface area contributed by atoms with Gasteiger partial charge in [0.05, 0.1) is 6.10 Å². The summed E-state index contributed by atoms with van der Waals surface area (Å²) in [7, 11) is 0. The van der Waals surface area contributed by atoms with Crippen LogP contribution >= 0.6 is 0 Å². The second kappa shape index (κ2) is 6.74. The molecule has 0 aliphatic rings. The van der Waals surface area contributed by atoms with Gasteiger partial charge in [-0.05, 0) is 31.0 Å². The first-order chi connectivity index (χ1) is 8.15. The number of ether oxygens (including phenoxy) is 2. The lowest BCUT2D eigenvalue weighted by atomic mass is 10.2. The van der Waals surface area contributed by atoms with E-state index in [4.69, 9.17) is 9.47 Å². The van der Waals surface area contributed by atoms with Gasteiger partial charge in [-0.1, -0.05) is 31.7 Å². The molecule has 1 aromatic carbocycles. The molecular formula is C14H18O3. The molecule has 0 N–H and O–H groups in total. The van der Waals surface area contributed by atoms with Gasteiger partial charge in [-0.3, -0.25) is 0 Å². The molecule has 0 saturated heterocycles. The smallest absolute Gasteiger partial charge is 0.344 e. The minimum Gasteiger partial charge on any atom is -0.482 e. The molecule has 0 bridgehead atoms. The molecule has 1 rings (SSSR count). The van der Waals surface area contributed by atoms with Gasteiger partial charge in [0, 0.05) is 0 Å². The molecule has 0 aromatic heterocycles. The fourth-order valence-corrected chi connectivity index (χ4v) is 1.18. The zero-order chi connectivity index (χ0) is 12.7. The molecule has 3 nitrogen and oxygen atoms in total. The third-order valence-corrected chi connectivity index (χ3v) is 2.38. The van der Waals surface area contributed by atoms with Crippen LogP contribution in [0.4, 0.5) is 0 Å². The summed E-state index contributed by atoms with van der Waals surface area (Å²) in [4.78, 5) is 11.3. The topological polar surface area (TPSA) is 35.5 Å². The highest BCUT2D eigenvalue weighted by molar-refractivity contribution is 5.71. The molecule has 0 heterocycles. The van der Waals surface area contributed by atoms with Crippen LogP contribution in [0.1, 0.15) is 25.8 Å². The SMILES string of the molecule is C=Cc1ccc(OCC(=O)OC(C)CC)cc1. The van der Waals surface area contributed by atoms with Crippen molar-refractivity contribution in [3.63, 3.8) is 0 Å². The quantitative estimate of drug-likeness (QED) is 0.710. The van der Waals surface area contributed by atoms with Crippen molar-refractivity contribution in [2.24, 2.45) is 0 Å². The van der Waals surface area contributed by atoms with Gasteiger partial charge in [0.1, 0.15) is 5.75 Å². The Morgan fingerprint density at radius 3 is 2.59 bits per heavy atom. The number of hydrogen-bond donors (Lipinski definition) is 0. The number of benzene rings is 1. The van der Waals surface area contributed by atoms with E-state index in [9.17, 15) is 4.79 Å². The molecular weight excluding hydrogens is 216 g/mol. The summed E-state index contributed by atoms with van der Waals surface area (Å²) < 4.78 is 10.4. The molecule has 0 spiro atoms. The van der Waals surface area contributed by atoms with Gasteiger partial charge in [-0.2, -0.15) is 0 Å². The molecule has 17 heavy (non-hydrogen) atoms. The molecule has 1 unspecified atom stereocenters. The maximum Gasteiger partial charge on any atom is 0.344 e. The third-order valence-electron chi connectivity index (χ3n) is 2.38. The fourth-order valence-electron chi connectivity index (χ4n) is 1.18. The van der Waals surface area contributed by atoms with E-state index < -0.39 is 0 Å². The van der Waals surface area contributed by atoms with E-state index >= 15 is 0 Å². The highest BCUT2D eigenvalue weighted by Gasteiger charge is 2.08. The summed E-state index contributed by atoms with van der Waals surface area (Å²) in [6, 6.07) is 7.35. The predicted octanol–water partition coefficient (Wildman–Crippen LogP) is 3.05. The molecule has 0 aliphatic heterocycles. The minimum atomic E-state index is -0.341. The fraction of sp³-hybridized carbons (Fsp3) is 0.357. The summed E-state index contributed by atoms with van der Waals surface area (Å²) in [6.45, 7) is 7.43. The molecule has 1 atom stereocenters. The van der Waals surface area contributed by atoms with Gasteiger partial charge in [-0.25, -0.2) is 4.79 Å². The second-order valence-electron chi connectivity index (χ2n) is 3.77. The van der Waals surface area contributed by atoms with Crippen molar-refractivity contribution < 1.29 is 14.3 Å². The zero-order valence-electron chi connectivity index (χ0n) is 10.3. The van der Waals surface area contributed by atoms with Crippen molar-refractivity contribution in [1.82, 2.24) is 0 Å². The standard InChI is InChI=1S/C14H18O3/c1-4-11(3)17-14(15)10-16-13-8-6-12(5-2)7-9-13/h5-9,11H,2,4,10H2,1,3H3. The maximum absolute atomic E-state index is 11.3. The normalized spacial score (nSPS) is 11.6. The Morgan fingerprint density at radius 2 is 2.06 bits per heavy atom. The van der Waals surface area contributed by atoms with E-state index in [0.717, 1.165) is 12.0 Å². The van der Waals surface area contributed by atoms with Crippen LogP contribution in [0.2, 0.25) is 0 Å². The van der Waals surface area contributed by atoms with E-state index in [-0.39, 0.29) is 18.7 Å². The molecule has 0 amide bonds. The highest BCUT2D eigenvalue weighted by atomic mass is 16.6. The van der Waals surface area contributed by atoms with Crippen LogP contribution in [-0.2, 0) is 9.53 Å². The largest absolute Gasteiger partial charge is 0.482 e. The average Bonchev–Trinajstić information content (AvgIpc) is 2.36. The summed E-state index contributed by atoms with van der Waals surface area (Å²) in [5.41, 5.74) is 1.01. The van der Waals surface area contributed by atoms with Crippen molar-refractivity contribution in [3.05, 3.63) is 36.4 Å². The molecule has 0 aliphatic carbocycles. The van der Waals surface area contributed by atoms with E-state index in [1.54, 1.807) is 18.2 Å². The maximum atomic E-state index is 11.3. The van der Waals surface area contributed by atoms with Crippen LogP contribution in [0.15, 0.2) is 30.8 Å². The van der Waals surface area contributed by atoms with E-state index in [1.807, 2.05) is 26.0 Å². The molecule has 0 saturated carbocycles. The number of carbonyl (C=O) groups excluding carboxylic acids is 1. The Bertz CT molecular complexity index is 368. The lowest BCUT2D eigenvalue weighted by Crippen LogP contribution is -2.20. The molecule has 3 heteroatoms. The first kappa shape index (κ1) is 13.3. The van der Waals surface area contributed by atoms with Crippen molar-refractivity contribution >= 4 is 12.0 Å². The van der Waals surface area contributed by atoms with Crippen molar-refractivity contribution in [1.29, 1.82) is 0 Å². The van der Waals surface area contributed by atoms with Crippen LogP contribution in [0, 0.1) is 0 Å². The predicted molar refractivity (Wildman–Crippen MR) is 67.9 cm³/mol. The summed E-state index contributed by atoms with van der Waals surface area (Å²) in [5, 5.41) is 0. The van der Waals surface area contributed by atoms with Crippen LogP contribution in [0.3, 0.4) is 0 Å². The van der Waals surface area contributed by atoms with Crippen molar-refractivity contribution in [3.8, 4) is 5.75 Å². The van der Waals surface area contributed by atoms with Gasteiger partial charge in [-0.15, -0.1) is 0 Å². The Hall–Kier alpha value is -1.77. The molecule has 0 radical (unpaired) electrons. The van der Waals surface area contributed by atoms with Crippen LogP contribution in [-0.4, -0.2) is 18.7 Å². The molecule has 92 valence electrons. The average molecular weight is 234 g/mol. The first-order valence-electron chi connectivity index (χ1n) is 5.70. The number of hydrogen-bond acceptors (Lipinski definition) is 3. The van der Waals surface area contributed by atoms with E-state index in [1.165, 1.54) is 0 Å². The Kier molecular flexibility index (Phi) is 5.27. The first-order valence-corrected chi connectivity index (χ1v) is 5.70. The number of rotatable bonds is 6.